The van der Waals surface area contributed by atoms with Gasteiger partial charge < -0.3 is 19.7 Å². The molecule has 4 rings (SSSR count). The molecule has 1 aromatic carbocycles. The van der Waals surface area contributed by atoms with Crippen molar-refractivity contribution in [3.05, 3.63) is 23.8 Å². The Hall–Kier alpha value is -2.29. The first-order chi connectivity index (χ1) is 12.8. The van der Waals surface area contributed by atoms with E-state index < -0.39 is 15.3 Å². The van der Waals surface area contributed by atoms with Crippen LogP contribution < -0.4 is 14.8 Å². The molecular formula is C18H22N2O6S. The summed E-state index contributed by atoms with van der Waals surface area (Å²) >= 11 is 0. The molecule has 8 nitrogen and oxygen atoms in total. The maximum atomic E-state index is 12.9. The second-order valence-electron chi connectivity index (χ2n) is 7.43. The van der Waals surface area contributed by atoms with E-state index in [1.807, 2.05) is 6.07 Å². The average Bonchev–Trinajstić information content (AvgIpc) is 3.18. The number of hydrogen-bond acceptors (Lipinski definition) is 6. The van der Waals surface area contributed by atoms with Crippen molar-refractivity contribution in [1.29, 1.82) is 0 Å². The Bertz CT molecular complexity index is 893. The van der Waals surface area contributed by atoms with Gasteiger partial charge in [-0.1, -0.05) is 6.07 Å². The number of carbonyl (C=O) groups excluding carboxylic acids is 2. The lowest BCUT2D eigenvalue weighted by atomic mass is 10.0. The van der Waals surface area contributed by atoms with Gasteiger partial charge in [0.05, 0.1) is 11.5 Å². The monoisotopic (exact) mass is 394 g/mol. The van der Waals surface area contributed by atoms with E-state index in [0.717, 1.165) is 5.56 Å². The summed E-state index contributed by atoms with van der Waals surface area (Å²) < 4.78 is 33.9. The minimum Gasteiger partial charge on any atom is -0.454 e. The van der Waals surface area contributed by atoms with Crippen molar-refractivity contribution >= 4 is 21.7 Å². The predicted octanol–water partition coefficient (Wildman–Crippen LogP) is 0.457. The average molecular weight is 394 g/mol. The summed E-state index contributed by atoms with van der Waals surface area (Å²) in [5, 5.41) is 2.83. The standard InChI is InChI=1S/C18H22N2O6S/c1-20(13-4-7-27(23,24)10-13)17(22)18(5-6-18)16(21)19-9-12-2-3-14-15(8-12)26-11-25-14/h2-3,8,13H,4-7,9-11H2,1H3,(H,19,21). The van der Waals surface area contributed by atoms with Crippen molar-refractivity contribution in [2.45, 2.75) is 31.8 Å². The summed E-state index contributed by atoms with van der Waals surface area (Å²) in [6.07, 6.45) is 1.41. The topological polar surface area (TPSA) is 102 Å². The first kappa shape index (κ1) is 18.1. The summed E-state index contributed by atoms with van der Waals surface area (Å²) in [5.74, 6) is 0.793. The quantitative estimate of drug-likeness (QED) is 0.728. The first-order valence-electron chi connectivity index (χ1n) is 8.95. The molecule has 2 aliphatic heterocycles. The van der Waals surface area contributed by atoms with Gasteiger partial charge in [0, 0.05) is 19.6 Å². The number of benzene rings is 1. The molecule has 0 radical (unpaired) electrons. The number of rotatable bonds is 5. The molecule has 1 N–H and O–H groups in total. The Labute approximate surface area is 157 Å². The smallest absolute Gasteiger partial charge is 0.238 e. The zero-order valence-electron chi connectivity index (χ0n) is 15.1. The van der Waals surface area contributed by atoms with Crippen LogP contribution in [0.3, 0.4) is 0 Å². The number of amides is 2. The number of sulfone groups is 1. The molecule has 0 spiro atoms. The van der Waals surface area contributed by atoms with Crippen LogP contribution in [0.15, 0.2) is 18.2 Å². The summed E-state index contributed by atoms with van der Waals surface area (Å²) in [4.78, 5) is 27.0. The molecule has 146 valence electrons. The van der Waals surface area contributed by atoms with Crippen LogP contribution in [0, 0.1) is 5.41 Å². The zero-order chi connectivity index (χ0) is 19.2. The summed E-state index contributed by atoms with van der Waals surface area (Å²) in [7, 11) is -1.49. The van der Waals surface area contributed by atoms with E-state index in [4.69, 9.17) is 9.47 Å². The second-order valence-corrected chi connectivity index (χ2v) is 9.65. The number of nitrogens with one attached hydrogen (secondary N) is 1. The minimum absolute atomic E-state index is 0.0237. The molecule has 1 aromatic rings. The number of fused-ring (bicyclic) bond motifs is 1. The molecule has 1 saturated carbocycles. The number of ether oxygens (including phenoxy) is 2. The van der Waals surface area contributed by atoms with E-state index in [0.29, 0.717) is 30.8 Å². The Balaban J connectivity index is 1.38. The van der Waals surface area contributed by atoms with Crippen molar-refractivity contribution in [2.75, 3.05) is 25.3 Å². The maximum absolute atomic E-state index is 12.9. The van der Waals surface area contributed by atoms with Gasteiger partial charge in [0.2, 0.25) is 18.6 Å². The van der Waals surface area contributed by atoms with Gasteiger partial charge in [0.25, 0.3) is 0 Å². The fourth-order valence-electron chi connectivity index (χ4n) is 3.65. The first-order valence-corrected chi connectivity index (χ1v) is 10.8. The molecular weight excluding hydrogens is 372 g/mol. The fraction of sp³-hybridized carbons (Fsp3) is 0.556. The molecule has 3 aliphatic rings. The molecule has 2 amide bonds. The highest BCUT2D eigenvalue weighted by molar-refractivity contribution is 7.91. The van der Waals surface area contributed by atoms with Gasteiger partial charge in [-0.15, -0.1) is 0 Å². The van der Waals surface area contributed by atoms with Crippen molar-refractivity contribution in [3.63, 3.8) is 0 Å². The van der Waals surface area contributed by atoms with E-state index in [1.54, 1.807) is 19.2 Å². The highest BCUT2D eigenvalue weighted by Gasteiger charge is 2.58. The van der Waals surface area contributed by atoms with Crippen LogP contribution in [0.4, 0.5) is 0 Å². The number of hydrogen-bond donors (Lipinski definition) is 1. The van der Waals surface area contributed by atoms with Crippen LogP contribution in [0.5, 0.6) is 11.5 Å². The predicted molar refractivity (Wildman–Crippen MR) is 95.9 cm³/mol. The van der Waals surface area contributed by atoms with Crippen LogP contribution in [0.25, 0.3) is 0 Å². The third-order valence-corrected chi connectivity index (χ3v) is 7.31. The van der Waals surface area contributed by atoms with Crippen molar-refractivity contribution in [1.82, 2.24) is 10.2 Å². The van der Waals surface area contributed by atoms with Gasteiger partial charge in [-0.2, -0.15) is 0 Å². The Morgan fingerprint density at radius 3 is 2.67 bits per heavy atom. The Kier molecular flexibility index (Phi) is 4.29. The molecule has 2 fully saturated rings. The lowest BCUT2D eigenvalue weighted by molar-refractivity contribution is -0.144. The van der Waals surface area contributed by atoms with E-state index in [9.17, 15) is 18.0 Å². The fourth-order valence-corrected chi connectivity index (χ4v) is 5.42. The molecule has 1 atom stereocenters. The van der Waals surface area contributed by atoms with E-state index in [-0.39, 0.29) is 42.7 Å². The molecule has 1 saturated heterocycles. The van der Waals surface area contributed by atoms with Crippen molar-refractivity contribution in [2.24, 2.45) is 5.41 Å². The van der Waals surface area contributed by atoms with Crippen molar-refractivity contribution < 1.29 is 27.5 Å². The zero-order valence-corrected chi connectivity index (χ0v) is 15.9. The molecule has 27 heavy (non-hydrogen) atoms. The molecule has 9 heteroatoms. The number of carbonyl (C=O) groups is 2. The largest absolute Gasteiger partial charge is 0.454 e. The molecule has 0 bridgehead atoms. The lowest BCUT2D eigenvalue weighted by Crippen LogP contribution is -2.47. The molecule has 2 heterocycles. The third-order valence-electron chi connectivity index (χ3n) is 5.56. The number of nitrogens with zero attached hydrogens (tertiary/aromatic N) is 1. The minimum atomic E-state index is -3.09. The van der Waals surface area contributed by atoms with Gasteiger partial charge in [-0.25, -0.2) is 8.42 Å². The second kappa shape index (κ2) is 6.40. The van der Waals surface area contributed by atoms with Gasteiger partial charge in [0.15, 0.2) is 21.3 Å². The van der Waals surface area contributed by atoms with Gasteiger partial charge in [0.1, 0.15) is 5.41 Å². The van der Waals surface area contributed by atoms with Crippen LogP contribution in [0.1, 0.15) is 24.8 Å². The van der Waals surface area contributed by atoms with Gasteiger partial charge >= 0.3 is 0 Å². The Morgan fingerprint density at radius 1 is 1.26 bits per heavy atom. The van der Waals surface area contributed by atoms with E-state index >= 15 is 0 Å². The van der Waals surface area contributed by atoms with E-state index in [1.165, 1.54) is 4.90 Å². The highest BCUT2D eigenvalue weighted by Crippen LogP contribution is 2.48. The van der Waals surface area contributed by atoms with Crippen molar-refractivity contribution in [3.8, 4) is 11.5 Å². The van der Waals surface area contributed by atoms with E-state index in [2.05, 4.69) is 5.32 Å². The Morgan fingerprint density at radius 2 is 2.00 bits per heavy atom. The third kappa shape index (κ3) is 3.36. The van der Waals surface area contributed by atoms with Gasteiger partial charge in [-0.05, 0) is 37.0 Å². The van der Waals surface area contributed by atoms with Crippen LogP contribution >= 0.6 is 0 Å². The molecule has 1 aliphatic carbocycles. The highest BCUT2D eigenvalue weighted by atomic mass is 32.2. The molecule has 0 aromatic heterocycles. The SMILES string of the molecule is CN(C(=O)C1(C(=O)NCc2ccc3c(c2)OCO3)CC1)C1CCS(=O)(=O)C1. The summed E-state index contributed by atoms with van der Waals surface area (Å²) in [5.41, 5.74) is -0.205. The van der Waals surface area contributed by atoms with Crippen LogP contribution in [0.2, 0.25) is 0 Å². The van der Waals surface area contributed by atoms with Crippen LogP contribution in [-0.2, 0) is 26.0 Å². The lowest BCUT2D eigenvalue weighted by Gasteiger charge is -2.27. The van der Waals surface area contributed by atoms with Gasteiger partial charge in [-0.3, -0.25) is 9.59 Å². The maximum Gasteiger partial charge on any atom is 0.238 e. The van der Waals surface area contributed by atoms with Crippen LogP contribution in [-0.4, -0.2) is 56.5 Å². The normalized spacial score (nSPS) is 23.7. The summed E-state index contributed by atoms with van der Waals surface area (Å²) in [6.45, 7) is 0.470. The molecule has 1 unspecified atom stereocenters. The summed E-state index contributed by atoms with van der Waals surface area (Å²) in [6, 6.07) is 5.09.